The molecule has 2 aromatic carbocycles. The molecule has 9 heteroatoms. The first-order chi connectivity index (χ1) is 18.5. The van der Waals surface area contributed by atoms with E-state index in [0.29, 0.717) is 57.9 Å². The summed E-state index contributed by atoms with van der Waals surface area (Å²) in [6.07, 6.45) is 3.27. The summed E-state index contributed by atoms with van der Waals surface area (Å²) in [7, 11) is 0. The van der Waals surface area contributed by atoms with Gasteiger partial charge in [0.1, 0.15) is 27.6 Å². The number of aryl methyl sites for hydroxylation is 1. The average molecular weight is 546 g/mol. The zero-order chi connectivity index (χ0) is 26.3. The molecule has 0 aliphatic carbocycles. The molecule has 0 saturated carbocycles. The minimum atomic E-state index is -0.452. The average Bonchev–Trinajstić information content (AvgIpc) is 3.30. The fourth-order valence-corrected chi connectivity index (χ4v) is 6.20. The van der Waals surface area contributed by atoms with Gasteiger partial charge in [-0.25, -0.2) is 9.78 Å². The number of nitrogens with zero attached hydrogens (tertiary/aromatic N) is 3. The van der Waals surface area contributed by atoms with E-state index in [1.165, 1.54) is 11.3 Å². The lowest BCUT2D eigenvalue weighted by Crippen LogP contribution is -2.34. The van der Waals surface area contributed by atoms with Crippen LogP contribution < -0.4 is 15.0 Å². The fourth-order valence-electron chi connectivity index (χ4n) is 5.16. The minimum Gasteiger partial charge on any atom is -0.511 e. The molecule has 4 heterocycles. The maximum Gasteiger partial charge on any atom is 0.353 e. The van der Waals surface area contributed by atoms with Crippen molar-refractivity contribution in [1.29, 1.82) is 0 Å². The second-order valence-corrected chi connectivity index (χ2v) is 10.8. The van der Waals surface area contributed by atoms with Crippen molar-refractivity contribution in [2.75, 3.05) is 19.8 Å². The van der Waals surface area contributed by atoms with E-state index in [1.54, 1.807) is 16.8 Å². The van der Waals surface area contributed by atoms with Gasteiger partial charge in [0.15, 0.2) is 0 Å². The molecular weight excluding hydrogens is 514 g/mol. The molecule has 0 atom stereocenters. The molecule has 202 valence electrons. The molecule has 1 fully saturated rings. The Bertz CT molecular complexity index is 1740. The summed E-state index contributed by atoms with van der Waals surface area (Å²) in [5.74, 6) is 1.52. The molecule has 0 bridgehead atoms. The lowest BCUT2D eigenvalue weighted by molar-refractivity contribution is -0.0157. The smallest absolute Gasteiger partial charge is 0.353 e. The number of benzene rings is 2. The Morgan fingerprint density at radius 2 is 1.90 bits per heavy atom. The third kappa shape index (κ3) is 4.89. The first-order valence-corrected chi connectivity index (χ1v) is 13.3. The van der Waals surface area contributed by atoms with Crippen molar-refractivity contribution in [3.63, 3.8) is 0 Å². The highest BCUT2D eigenvalue weighted by Gasteiger charge is 2.33. The van der Waals surface area contributed by atoms with E-state index in [-0.39, 0.29) is 26.2 Å². The van der Waals surface area contributed by atoms with Gasteiger partial charge < -0.3 is 19.7 Å². The molecule has 0 amide bonds. The number of aromatic nitrogens is 3. The summed E-state index contributed by atoms with van der Waals surface area (Å²) >= 11 is 1.31. The monoisotopic (exact) mass is 545 g/mol. The maximum absolute atomic E-state index is 13.5. The zero-order valence-electron chi connectivity index (χ0n) is 20.9. The highest BCUT2D eigenvalue weighted by Crippen LogP contribution is 2.37. The van der Waals surface area contributed by atoms with Gasteiger partial charge in [-0.3, -0.25) is 4.57 Å². The SMILES string of the molecule is C.Cc1cc(Oc2ccccc2)ccc1-n1c(=O)nc2c(=C(O)CC3(CO)CCOCC3)sc3nccc1c32. The molecule has 2 N–H and O–H groups in total. The van der Waals surface area contributed by atoms with E-state index >= 15 is 0 Å². The van der Waals surface area contributed by atoms with Crippen LogP contribution in [0.3, 0.4) is 0 Å². The van der Waals surface area contributed by atoms with Crippen molar-refractivity contribution in [3.05, 3.63) is 81.4 Å². The van der Waals surface area contributed by atoms with Gasteiger partial charge >= 0.3 is 5.69 Å². The predicted octanol–water partition coefficient (Wildman–Crippen LogP) is 5.30. The van der Waals surface area contributed by atoms with Crippen LogP contribution in [0.1, 0.15) is 32.3 Å². The zero-order valence-corrected chi connectivity index (χ0v) is 21.7. The van der Waals surface area contributed by atoms with Crippen molar-refractivity contribution in [3.8, 4) is 17.2 Å². The second kappa shape index (κ2) is 10.8. The van der Waals surface area contributed by atoms with Crippen molar-refractivity contribution in [2.45, 2.75) is 33.6 Å². The molecule has 1 aliphatic rings. The Morgan fingerprint density at radius 3 is 2.62 bits per heavy atom. The fraction of sp³-hybridized carbons (Fsp3) is 0.300. The standard InChI is InChI=1S/C29H27N3O5S.CH4/c1-18-15-20(37-19-5-3-2-4-6-19)7-8-21(18)32-22-9-12-30-27-24(22)25(31-28(32)35)26(38-27)23(34)16-29(17-33)10-13-36-14-11-29;/h2-9,12,15,33-34H,10-11,13-14,16-17H2,1H3;1H4. The number of para-hydroxylation sites is 1. The van der Waals surface area contributed by atoms with Crippen molar-refractivity contribution >= 4 is 38.3 Å². The van der Waals surface area contributed by atoms with Crippen molar-refractivity contribution in [2.24, 2.45) is 5.41 Å². The number of ether oxygens (including phenoxy) is 2. The Hall–Kier alpha value is -3.79. The van der Waals surface area contributed by atoms with E-state index in [1.807, 2.05) is 55.5 Å². The van der Waals surface area contributed by atoms with Gasteiger partial charge in [0.25, 0.3) is 0 Å². The summed E-state index contributed by atoms with van der Waals surface area (Å²) in [6, 6.07) is 16.9. The van der Waals surface area contributed by atoms with E-state index < -0.39 is 11.1 Å². The molecule has 0 radical (unpaired) electrons. The lowest BCUT2D eigenvalue weighted by atomic mass is 9.77. The molecule has 39 heavy (non-hydrogen) atoms. The number of rotatable bonds is 6. The van der Waals surface area contributed by atoms with Gasteiger partial charge in [-0.15, -0.1) is 11.3 Å². The Morgan fingerprint density at radius 1 is 1.13 bits per heavy atom. The van der Waals surface area contributed by atoms with E-state index in [4.69, 9.17) is 9.47 Å². The largest absolute Gasteiger partial charge is 0.511 e. The number of aliphatic hydroxyl groups excluding tert-OH is 2. The van der Waals surface area contributed by atoms with Crippen molar-refractivity contribution in [1.82, 2.24) is 14.5 Å². The number of pyridine rings is 1. The Labute approximate surface area is 229 Å². The number of thiophene rings is 1. The van der Waals surface area contributed by atoms with Gasteiger partial charge in [0.05, 0.1) is 21.1 Å². The Balaban J connectivity index is 0.00000308. The van der Waals surface area contributed by atoms with Crippen LogP contribution >= 0.6 is 11.3 Å². The molecule has 1 aliphatic heterocycles. The van der Waals surface area contributed by atoms with Gasteiger partial charge in [-0.1, -0.05) is 25.6 Å². The third-order valence-electron chi connectivity index (χ3n) is 7.27. The molecule has 0 unspecified atom stereocenters. The maximum atomic E-state index is 13.5. The molecule has 3 aromatic heterocycles. The highest BCUT2D eigenvalue weighted by molar-refractivity contribution is 7.17. The van der Waals surface area contributed by atoms with E-state index in [0.717, 1.165) is 16.7 Å². The summed E-state index contributed by atoms with van der Waals surface area (Å²) in [4.78, 5) is 23.1. The second-order valence-electron chi connectivity index (χ2n) is 9.78. The normalized spacial score (nSPS) is 15.7. The number of aliphatic hydroxyl groups is 2. The van der Waals surface area contributed by atoms with E-state index in [2.05, 4.69) is 9.97 Å². The van der Waals surface area contributed by atoms with Crippen LogP contribution in [-0.4, -0.2) is 44.6 Å². The first kappa shape index (κ1) is 26.8. The summed E-state index contributed by atoms with van der Waals surface area (Å²) < 4.78 is 13.5. The van der Waals surface area contributed by atoms with Gasteiger partial charge in [0.2, 0.25) is 0 Å². The summed E-state index contributed by atoms with van der Waals surface area (Å²) in [6.45, 7) is 2.98. The van der Waals surface area contributed by atoms with Gasteiger partial charge in [-0.05, 0) is 61.7 Å². The third-order valence-corrected chi connectivity index (χ3v) is 8.40. The van der Waals surface area contributed by atoms with Crippen LogP contribution in [0.4, 0.5) is 0 Å². The van der Waals surface area contributed by atoms with Crippen LogP contribution in [0.5, 0.6) is 11.5 Å². The first-order valence-electron chi connectivity index (χ1n) is 12.5. The van der Waals surface area contributed by atoms with Crippen LogP contribution in [0.2, 0.25) is 0 Å². The van der Waals surface area contributed by atoms with Crippen LogP contribution in [-0.2, 0) is 4.74 Å². The molecule has 8 nitrogen and oxygen atoms in total. The topological polar surface area (TPSA) is 107 Å². The molecule has 0 spiro atoms. The van der Waals surface area contributed by atoms with E-state index in [9.17, 15) is 15.0 Å². The van der Waals surface area contributed by atoms with Crippen LogP contribution in [0.15, 0.2) is 65.6 Å². The lowest BCUT2D eigenvalue weighted by Gasteiger charge is -2.35. The number of hydrogen-bond donors (Lipinski definition) is 2. The van der Waals surface area contributed by atoms with Crippen LogP contribution in [0, 0.1) is 12.3 Å². The molecule has 5 aromatic rings. The molecular formula is C30H31N3O5S. The van der Waals surface area contributed by atoms with Crippen LogP contribution in [0.25, 0.3) is 32.7 Å². The Kier molecular flexibility index (Phi) is 7.40. The predicted molar refractivity (Wildman–Crippen MR) is 154 cm³/mol. The molecule has 6 rings (SSSR count). The molecule has 1 saturated heterocycles. The number of hydrogen-bond acceptors (Lipinski definition) is 8. The van der Waals surface area contributed by atoms with Crippen molar-refractivity contribution < 1.29 is 19.7 Å². The van der Waals surface area contributed by atoms with Gasteiger partial charge in [0, 0.05) is 37.9 Å². The minimum absolute atomic E-state index is 0. The van der Waals surface area contributed by atoms with Gasteiger partial charge in [-0.2, -0.15) is 4.98 Å². The quantitative estimate of drug-likeness (QED) is 0.298. The summed E-state index contributed by atoms with van der Waals surface area (Å²) in [5, 5.41) is 22.0. The highest BCUT2D eigenvalue weighted by atomic mass is 32.1. The summed E-state index contributed by atoms with van der Waals surface area (Å²) in [5.41, 5.74) is 1.76.